The molecule has 0 unspecified atom stereocenters. The zero-order valence-electron chi connectivity index (χ0n) is 44.2. The molecule has 378 valence electrons. The Morgan fingerprint density at radius 1 is 0.342 bits per heavy atom. The summed E-state index contributed by atoms with van der Waals surface area (Å²) >= 11 is 7.85. The lowest BCUT2D eigenvalue weighted by Gasteiger charge is -2.50. The molecule has 0 saturated heterocycles. The smallest absolute Gasteiger partial charge is 0.143 e. The molecule has 3 heterocycles. The lowest BCUT2D eigenvalue weighted by atomic mass is 9.80. The van der Waals surface area contributed by atoms with Gasteiger partial charge < -0.3 is 24.3 Å². The molecule has 79 heavy (non-hydrogen) atoms. The minimum absolute atomic E-state index is 0.494. The summed E-state index contributed by atoms with van der Waals surface area (Å²) < 4.78 is 8.22. The van der Waals surface area contributed by atoms with Crippen molar-refractivity contribution in [1.82, 2.24) is 0 Å². The van der Waals surface area contributed by atoms with Crippen molar-refractivity contribution in [3.05, 3.63) is 271 Å². The van der Waals surface area contributed by atoms with E-state index in [0.29, 0.717) is 0 Å². The average Bonchev–Trinajstić information content (AvgIpc) is 4.04. The second-order valence-electron chi connectivity index (χ2n) is 22.4. The Bertz CT molecular complexity index is 4030. The number of hydrogen-bond acceptors (Lipinski definition) is 6. The fourth-order valence-corrected chi connectivity index (χ4v) is 19.2. The van der Waals surface area contributed by atoms with Gasteiger partial charge in [-0.2, -0.15) is 0 Å². The third-order valence-corrected chi connectivity index (χ3v) is 22.2. The molecule has 7 heteroatoms. The normalized spacial score (nSPS) is 15.2. The number of benzene rings is 11. The fourth-order valence-electron chi connectivity index (χ4n) is 14.0. The first-order valence-electron chi connectivity index (χ1n) is 27.3. The van der Waals surface area contributed by atoms with Crippen molar-refractivity contribution in [2.75, 3.05) is 19.6 Å². The number of nitrogens with zero attached hydrogens (tertiary/aromatic N) is 4. The van der Waals surface area contributed by atoms with E-state index in [1.165, 1.54) is 49.8 Å². The van der Waals surface area contributed by atoms with Gasteiger partial charge in [-0.05, 0) is 155 Å². The second-order valence-corrected chi connectivity index (χ2v) is 26.6. The largest absolute Gasteiger partial charge is 0.455 e. The lowest BCUT2D eigenvalue weighted by Crippen LogP contribution is -2.46. The summed E-state index contributed by atoms with van der Waals surface area (Å²) in [7, 11) is 0. The maximum absolute atomic E-state index is 8.22. The maximum atomic E-state index is 8.22. The number of hydrogen-bond donors (Lipinski definition) is 0. The van der Waals surface area contributed by atoms with Gasteiger partial charge in [0.05, 0.1) is 39.4 Å². The van der Waals surface area contributed by atoms with Crippen LogP contribution in [0.5, 0.6) is 11.5 Å². The minimum atomic E-state index is -2.97. The van der Waals surface area contributed by atoms with Crippen molar-refractivity contribution in [2.24, 2.45) is 0 Å². The van der Waals surface area contributed by atoms with Crippen molar-refractivity contribution in [3.63, 3.8) is 0 Å². The van der Waals surface area contributed by atoms with Crippen LogP contribution in [0.15, 0.2) is 249 Å². The van der Waals surface area contributed by atoms with Crippen LogP contribution in [0.2, 0.25) is 0 Å². The fraction of sp³-hybridized carbons (Fsp3) is 0.0833. The highest BCUT2D eigenvalue weighted by Gasteiger charge is 2.56. The van der Waals surface area contributed by atoms with Crippen LogP contribution < -0.4 is 40.3 Å². The quantitative estimate of drug-likeness (QED) is 0.141. The Morgan fingerprint density at radius 2 is 0.684 bits per heavy atom. The molecule has 2 aliphatic carbocycles. The Balaban J connectivity index is 0.975. The molecule has 3 aliphatic heterocycles. The molecule has 0 saturated carbocycles. The van der Waals surface area contributed by atoms with Gasteiger partial charge >= 0.3 is 0 Å². The monoisotopic (exact) mass is 1050 g/mol. The molecule has 5 aliphatic rings. The van der Waals surface area contributed by atoms with Gasteiger partial charge in [0.25, 0.3) is 0 Å². The van der Waals surface area contributed by atoms with E-state index in [4.69, 9.17) is 16.5 Å². The summed E-state index contributed by atoms with van der Waals surface area (Å²) in [6.45, 7) is 9.59. The lowest BCUT2D eigenvalue weighted by molar-refractivity contribution is 0.455. The Kier molecular flexibility index (Phi) is 9.82. The molecule has 0 fully saturated rings. The first-order valence-corrected chi connectivity index (χ1v) is 30.1. The van der Waals surface area contributed by atoms with Crippen LogP contribution in [-0.4, -0.2) is 0 Å². The molecule has 0 spiro atoms. The number of rotatable bonds is 8. The van der Waals surface area contributed by atoms with Gasteiger partial charge in [0.2, 0.25) is 0 Å². The highest BCUT2D eigenvalue weighted by atomic mass is 32.4. The molecule has 5 nitrogen and oxygen atoms in total. The summed E-state index contributed by atoms with van der Waals surface area (Å²) in [5.41, 5.74) is 21.9. The first-order chi connectivity index (χ1) is 38.6. The topological polar surface area (TPSA) is 22.2 Å². The van der Waals surface area contributed by atoms with Crippen molar-refractivity contribution in [2.45, 2.75) is 38.5 Å². The van der Waals surface area contributed by atoms with Crippen molar-refractivity contribution in [3.8, 4) is 33.8 Å². The molecule has 0 bridgehead atoms. The van der Waals surface area contributed by atoms with E-state index in [1.54, 1.807) is 0 Å². The molecule has 0 radical (unpaired) electrons. The minimum Gasteiger partial charge on any atom is -0.455 e. The summed E-state index contributed by atoms with van der Waals surface area (Å²) in [4.78, 5) is 9.71. The number of anilines is 12. The van der Waals surface area contributed by atoms with E-state index < -0.39 is 16.9 Å². The van der Waals surface area contributed by atoms with Crippen LogP contribution in [0.3, 0.4) is 0 Å². The third kappa shape index (κ3) is 6.36. The molecule has 0 atom stereocenters. The third-order valence-electron chi connectivity index (χ3n) is 17.4. The van der Waals surface area contributed by atoms with E-state index in [9.17, 15) is 0 Å². The molecule has 0 N–H and O–H groups in total. The number of fused-ring (bicyclic) bond motifs is 8. The van der Waals surface area contributed by atoms with E-state index in [-0.39, 0.29) is 0 Å². The predicted octanol–water partition coefficient (Wildman–Crippen LogP) is 18.7. The van der Waals surface area contributed by atoms with Gasteiger partial charge in [0.15, 0.2) is 0 Å². The maximum Gasteiger partial charge on any atom is 0.143 e. The molecule has 0 amide bonds. The van der Waals surface area contributed by atoms with Gasteiger partial charge in [-0.1, -0.05) is 167 Å². The number of para-hydroxylation sites is 6. The standard InChI is InChI=1S/C72H53N4OPS/c1-71(2)58-42-52(73(46-24-11-5-12-25-46)47-26-13-6-14-27-47)38-40-54(58)56-44-62-69-66(64(56)71)77-67-65-57(55-41-39-53(43-59(55)72(65,3)4)74(48-28-15-7-16-29-48)49-30-17-8-18-31-49)45-63-70(67)78(69,79)68-60(75(62)50-32-19-9-20-33-50)36-23-37-61(68)76(63)51-34-21-10-22-35-51/h5-45H,1-4H3. The first kappa shape index (κ1) is 46.2. The van der Waals surface area contributed by atoms with E-state index in [2.05, 4.69) is 296 Å². The van der Waals surface area contributed by atoms with Crippen LogP contribution in [-0.2, 0) is 22.6 Å². The van der Waals surface area contributed by atoms with Gasteiger partial charge in [-0.15, -0.1) is 0 Å². The predicted molar refractivity (Wildman–Crippen MR) is 334 cm³/mol. The Labute approximate surface area is 466 Å². The average molecular weight is 1050 g/mol. The van der Waals surface area contributed by atoms with Crippen molar-refractivity contribution in [1.29, 1.82) is 0 Å². The van der Waals surface area contributed by atoms with Crippen molar-refractivity contribution < 1.29 is 4.74 Å². The second kappa shape index (κ2) is 16.8. The molecule has 0 aromatic heterocycles. The van der Waals surface area contributed by atoms with E-state index in [1.807, 2.05) is 0 Å². The summed E-state index contributed by atoms with van der Waals surface area (Å²) in [5, 5.41) is 3.48. The Morgan fingerprint density at radius 3 is 1.04 bits per heavy atom. The highest BCUT2D eigenvalue weighted by molar-refractivity contribution is 8.26. The molecule has 16 rings (SSSR count). The molecular weight excluding hydrogens is 1000 g/mol. The van der Waals surface area contributed by atoms with Gasteiger partial charge in [0.1, 0.15) is 11.5 Å². The summed E-state index contributed by atoms with van der Waals surface area (Å²) in [5.74, 6) is 1.82. The van der Waals surface area contributed by atoms with Crippen LogP contribution >= 0.6 is 6.04 Å². The van der Waals surface area contributed by atoms with E-state index in [0.717, 1.165) is 90.4 Å². The zero-order chi connectivity index (χ0) is 52.9. The molecular formula is C72H53N4OPS. The van der Waals surface area contributed by atoms with Gasteiger partial charge in [0, 0.05) is 72.8 Å². The van der Waals surface area contributed by atoms with Crippen LogP contribution in [0.25, 0.3) is 22.3 Å². The number of ether oxygens (including phenoxy) is 1. The van der Waals surface area contributed by atoms with Crippen molar-refractivity contribution >= 4 is 102 Å². The van der Waals surface area contributed by atoms with Crippen LogP contribution in [0, 0.1) is 0 Å². The summed E-state index contributed by atoms with van der Waals surface area (Å²) in [6, 6.07) is 87.6. The van der Waals surface area contributed by atoms with E-state index >= 15 is 0 Å². The van der Waals surface area contributed by atoms with Crippen LogP contribution in [0.4, 0.5) is 68.2 Å². The highest BCUT2D eigenvalue weighted by Crippen LogP contribution is 2.71. The molecule has 11 aromatic rings. The SMILES string of the molecule is CC1(C)c2cc(N(c3ccccc3)c3ccccc3)ccc2-c2cc3c4c(c21)Oc1c2c(cc5c1P4(=S)c1c(cccc1N5c1ccccc1)N3c1ccccc1)-c1ccc(N(c3ccccc3)c3ccccc3)cc1C2(C)C. The summed E-state index contributed by atoms with van der Waals surface area (Å²) in [6.07, 6.45) is 0. The van der Waals surface area contributed by atoms with Gasteiger partial charge in [-0.3, -0.25) is 0 Å². The van der Waals surface area contributed by atoms with Gasteiger partial charge in [-0.25, -0.2) is 0 Å². The zero-order valence-corrected chi connectivity index (χ0v) is 45.9. The molecule has 11 aromatic carbocycles. The Hall–Kier alpha value is -8.93. The van der Waals surface area contributed by atoms with Crippen LogP contribution in [0.1, 0.15) is 49.9 Å².